The Hall–Kier alpha value is -1.74. The van der Waals surface area contributed by atoms with Crippen LogP contribution >= 0.6 is 0 Å². The molecule has 7 nitrogen and oxygen atoms in total. The Bertz CT molecular complexity index is 936. The predicted octanol–water partition coefficient (Wildman–Crippen LogP) is 2.64. The van der Waals surface area contributed by atoms with Crippen LogP contribution in [0.3, 0.4) is 0 Å². The fourth-order valence-corrected chi connectivity index (χ4v) is 5.73. The lowest BCUT2D eigenvalue weighted by Crippen LogP contribution is -2.51. The highest BCUT2D eigenvalue weighted by Gasteiger charge is 2.33. The summed E-state index contributed by atoms with van der Waals surface area (Å²) in [6.45, 7) is 5.10. The second-order valence-corrected chi connectivity index (χ2v) is 9.69. The number of ether oxygens (including phenoxy) is 1. The highest BCUT2D eigenvalue weighted by molar-refractivity contribution is 7.86. The molecular weight excluding hydrogens is 388 g/mol. The molecule has 1 aromatic heterocycles. The number of fused-ring (bicyclic) bond motifs is 1. The zero-order valence-electron chi connectivity index (χ0n) is 17.0. The van der Waals surface area contributed by atoms with Gasteiger partial charge >= 0.3 is 0 Å². The molecule has 0 radical (unpaired) electrons. The van der Waals surface area contributed by atoms with Crippen LogP contribution in [-0.4, -0.2) is 67.4 Å². The summed E-state index contributed by atoms with van der Waals surface area (Å²) in [7, 11) is -3.38. The van der Waals surface area contributed by atoms with Crippen molar-refractivity contribution in [1.82, 2.24) is 13.6 Å². The van der Waals surface area contributed by atoms with Crippen molar-refractivity contribution in [3.63, 3.8) is 0 Å². The quantitative estimate of drug-likeness (QED) is 0.781. The van der Waals surface area contributed by atoms with E-state index in [1.165, 1.54) is 0 Å². The molecule has 0 amide bonds. The van der Waals surface area contributed by atoms with Crippen molar-refractivity contribution in [2.45, 2.75) is 38.6 Å². The number of morpholine rings is 1. The van der Waals surface area contributed by atoms with Gasteiger partial charge in [0, 0.05) is 49.0 Å². The first kappa shape index (κ1) is 20.5. The van der Waals surface area contributed by atoms with E-state index < -0.39 is 10.2 Å². The SMILES string of the molecule is CCCc1cc(NC2CCN(S(=O)(=O)N3CCOCC3)CC2)c2ccccc2n1. The van der Waals surface area contributed by atoms with Crippen LogP contribution in [0.4, 0.5) is 5.69 Å². The summed E-state index contributed by atoms with van der Waals surface area (Å²) in [5.41, 5.74) is 3.21. The van der Waals surface area contributed by atoms with E-state index in [0.717, 1.165) is 48.0 Å². The van der Waals surface area contributed by atoms with Gasteiger partial charge in [0.05, 0.1) is 18.7 Å². The second kappa shape index (κ2) is 8.95. The van der Waals surface area contributed by atoms with Crippen LogP contribution in [0.2, 0.25) is 0 Å². The third kappa shape index (κ3) is 4.55. The minimum absolute atomic E-state index is 0.256. The number of para-hydroxylation sites is 1. The largest absolute Gasteiger partial charge is 0.382 e. The van der Waals surface area contributed by atoms with Crippen LogP contribution in [0, 0.1) is 0 Å². The topological polar surface area (TPSA) is 74.8 Å². The van der Waals surface area contributed by atoms with Gasteiger partial charge in [-0.1, -0.05) is 31.5 Å². The van der Waals surface area contributed by atoms with E-state index in [1.807, 2.05) is 12.1 Å². The number of pyridine rings is 1. The number of rotatable bonds is 6. The van der Waals surface area contributed by atoms with E-state index in [-0.39, 0.29) is 6.04 Å². The molecule has 3 heterocycles. The second-order valence-electron chi connectivity index (χ2n) is 7.77. The molecule has 0 bridgehead atoms. The summed E-state index contributed by atoms with van der Waals surface area (Å²) < 4.78 is 34.2. The molecule has 2 aliphatic rings. The normalized spacial score (nSPS) is 20.2. The van der Waals surface area contributed by atoms with E-state index in [4.69, 9.17) is 9.72 Å². The lowest BCUT2D eigenvalue weighted by molar-refractivity contribution is 0.0697. The maximum atomic E-state index is 12.9. The summed E-state index contributed by atoms with van der Waals surface area (Å²) in [6.07, 6.45) is 3.60. The molecule has 0 saturated carbocycles. The van der Waals surface area contributed by atoms with Gasteiger partial charge < -0.3 is 10.1 Å². The molecule has 4 rings (SSSR count). The number of benzene rings is 1. The average Bonchev–Trinajstić information content (AvgIpc) is 2.75. The minimum atomic E-state index is -3.38. The number of aryl methyl sites for hydroxylation is 1. The molecule has 0 atom stereocenters. The summed E-state index contributed by atoms with van der Waals surface area (Å²) in [5, 5.41) is 4.80. The zero-order chi connectivity index (χ0) is 20.3. The molecule has 8 heteroatoms. The molecule has 29 heavy (non-hydrogen) atoms. The van der Waals surface area contributed by atoms with Crippen LogP contribution < -0.4 is 5.32 Å². The molecule has 0 spiro atoms. The van der Waals surface area contributed by atoms with Crippen molar-refractivity contribution < 1.29 is 13.2 Å². The smallest absolute Gasteiger partial charge is 0.282 e. The van der Waals surface area contributed by atoms with Crippen LogP contribution in [0.5, 0.6) is 0 Å². The lowest BCUT2D eigenvalue weighted by Gasteiger charge is -2.36. The van der Waals surface area contributed by atoms with Gasteiger partial charge in [-0.25, -0.2) is 0 Å². The fraction of sp³-hybridized carbons (Fsp3) is 0.571. The number of hydrogen-bond donors (Lipinski definition) is 1. The van der Waals surface area contributed by atoms with Gasteiger partial charge in [-0.3, -0.25) is 4.98 Å². The first-order valence-electron chi connectivity index (χ1n) is 10.6. The molecule has 158 valence electrons. The Kier molecular flexibility index (Phi) is 6.34. The van der Waals surface area contributed by atoms with Gasteiger partial charge in [0.2, 0.25) is 0 Å². The summed E-state index contributed by atoms with van der Waals surface area (Å²) in [6, 6.07) is 10.6. The highest BCUT2D eigenvalue weighted by atomic mass is 32.2. The van der Waals surface area contributed by atoms with Crippen molar-refractivity contribution in [1.29, 1.82) is 0 Å². The number of piperidine rings is 1. The molecule has 2 aliphatic heterocycles. The van der Waals surface area contributed by atoms with Crippen molar-refractivity contribution in [3.05, 3.63) is 36.0 Å². The van der Waals surface area contributed by atoms with E-state index in [9.17, 15) is 8.42 Å². The average molecular weight is 419 g/mol. The molecule has 2 fully saturated rings. The summed E-state index contributed by atoms with van der Waals surface area (Å²) in [4.78, 5) is 4.77. The zero-order valence-corrected chi connectivity index (χ0v) is 17.8. The van der Waals surface area contributed by atoms with Crippen LogP contribution in [0.1, 0.15) is 31.9 Å². The standard InChI is InChI=1S/C21H30N4O3S/c1-2-5-18-16-21(19-6-3-4-7-20(19)23-18)22-17-8-10-24(11-9-17)29(26,27)25-12-14-28-15-13-25/h3-4,6-7,16-17H,2,5,8-15H2,1H3,(H,22,23). The number of aromatic nitrogens is 1. The summed E-state index contributed by atoms with van der Waals surface area (Å²) in [5.74, 6) is 0. The molecule has 1 aromatic carbocycles. The Labute approximate surface area is 173 Å². The monoisotopic (exact) mass is 418 g/mol. The molecule has 0 unspecified atom stereocenters. The van der Waals surface area contributed by atoms with E-state index in [2.05, 4.69) is 30.4 Å². The van der Waals surface area contributed by atoms with E-state index >= 15 is 0 Å². The molecule has 0 aliphatic carbocycles. The van der Waals surface area contributed by atoms with Crippen molar-refractivity contribution in [2.75, 3.05) is 44.7 Å². The molecule has 2 aromatic rings. The fourth-order valence-electron chi connectivity index (χ4n) is 4.13. The Morgan fingerprint density at radius 1 is 1.10 bits per heavy atom. The number of nitrogens with one attached hydrogen (secondary N) is 1. The minimum Gasteiger partial charge on any atom is -0.382 e. The van der Waals surface area contributed by atoms with Crippen molar-refractivity contribution in [3.8, 4) is 0 Å². The van der Waals surface area contributed by atoms with Gasteiger partial charge in [-0.2, -0.15) is 17.0 Å². The molecule has 2 saturated heterocycles. The van der Waals surface area contributed by atoms with Gasteiger partial charge in [0.25, 0.3) is 10.2 Å². The van der Waals surface area contributed by atoms with Gasteiger partial charge in [-0.15, -0.1) is 0 Å². The van der Waals surface area contributed by atoms with Crippen LogP contribution in [0.15, 0.2) is 30.3 Å². The maximum absolute atomic E-state index is 12.9. The van der Waals surface area contributed by atoms with Gasteiger partial charge in [0.15, 0.2) is 0 Å². The highest BCUT2D eigenvalue weighted by Crippen LogP contribution is 2.27. The predicted molar refractivity (Wildman–Crippen MR) is 115 cm³/mol. The van der Waals surface area contributed by atoms with Gasteiger partial charge in [-0.05, 0) is 31.4 Å². The van der Waals surface area contributed by atoms with Crippen LogP contribution in [0.25, 0.3) is 10.9 Å². The first-order chi connectivity index (χ1) is 14.1. The number of hydrogen-bond acceptors (Lipinski definition) is 5. The Morgan fingerprint density at radius 3 is 2.52 bits per heavy atom. The Balaban J connectivity index is 1.44. The van der Waals surface area contributed by atoms with E-state index in [1.54, 1.807) is 8.61 Å². The number of anilines is 1. The Morgan fingerprint density at radius 2 is 1.79 bits per heavy atom. The molecular formula is C21H30N4O3S. The molecule has 1 N–H and O–H groups in total. The van der Waals surface area contributed by atoms with Crippen LogP contribution in [-0.2, 0) is 21.4 Å². The number of nitrogens with zero attached hydrogens (tertiary/aromatic N) is 3. The lowest BCUT2D eigenvalue weighted by atomic mass is 10.0. The van der Waals surface area contributed by atoms with Crippen molar-refractivity contribution >= 4 is 26.8 Å². The van der Waals surface area contributed by atoms with Gasteiger partial charge in [0.1, 0.15) is 0 Å². The first-order valence-corrected chi connectivity index (χ1v) is 12.0. The summed E-state index contributed by atoms with van der Waals surface area (Å²) >= 11 is 0. The van der Waals surface area contributed by atoms with Crippen molar-refractivity contribution in [2.24, 2.45) is 0 Å². The van der Waals surface area contributed by atoms with E-state index in [0.29, 0.717) is 39.4 Å². The maximum Gasteiger partial charge on any atom is 0.282 e. The third-order valence-corrected chi connectivity index (χ3v) is 7.75. The third-order valence-electron chi connectivity index (χ3n) is 5.71.